The third-order valence-electron chi connectivity index (χ3n) is 4.34. The highest BCUT2D eigenvalue weighted by Crippen LogP contribution is 2.33. The highest BCUT2D eigenvalue weighted by Gasteiger charge is 2.30. The number of hydrogen-bond donors (Lipinski definition) is 2. The van der Waals surface area contributed by atoms with Crippen molar-refractivity contribution in [3.63, 3.8) is 0 Å². The molecule has 8 heteroatoms. The van der Waals surface area contributed by atoms with Crippen molar-refractivity contribution in [2.24, 2.45) is 11.8 Å². The van der Waals surface area contributed by atoms with Gasteiger partial charge in [0, 0.05) is 23.9 Å². The monoisotopic (exact) mass is 356 g/mol. The lowest BCUT2D eigenvalue weighted by Crippen LogP contribution is -2.29. The van der Waals surface area contributed by atoms with Crippen LogP contribution in [0.15, 0.2) is 24.5 Å². The zero-order chi connectivity index (χ0) is 17.8. The van der Waals surface area contributed by atoms with Crippen molar-refractivity contribution in [2.75, 3.05) is 5.32 Å². The summed E-state index contributed by atoms with van der Waals surface area (Å²) >= 11 is 1.13. The number of aromatic nitrogens is 2. The van der Waals surface area contributed by atoms with Gasteiger partial charge >= 0.3 is 5.97 Å². The van der Waals surface area contributed by atoms with Crippen LogP contribution in [0.4, 0.5) is 5.13 Å². The third-order valence-corrected chi connectivity index (χ3v) is 5.22. The molecular weight excluding hydrogens is 340 g/mol. The highest BCUT2D eigenvalue weighted by atomic mass is 32.1. The number of aliphatic carboxylic acids is 1. The van der Waals surface area contributed by atoms with E-state index in [9.17, 15) is 14.9 Å². The normalized spacial score (nSPS) is 19.8. The second-order valence-corrected chi connectivity index (χ2v) is 6.93. The minimum absolute atomic E-state index is 0.167. The number of nitrogens with zero attached hydrogens (tertiary/aromatic N) is 3. The third kappa shape index (κ3) is 3.83. The predicted octanol–water partition coefficient (Wildman–Crippen LogP) is 2.91. The van der Waals surface area contributed by atoms with Gasteiger partial charge in [-0.2, -0.15) is 5.26 Å². The summed E-state index contributed by atoms with van der Waals surface area (Å²) in [6, 6.07) is 5.66. The Hall–Kier alpha value is -2.79. The number of carboxylic acids is 1. The molecule has 0 spiro atoms. The van der Waals surface area contributed by atoms with Gasteiger partial charge in [0.1, 0.15) is 16.6 Å². The van der Waals surface area contributed by atoms with Crippen molar-refractivity contribution in [2.45, 2.75) is 25.7 Å². The second kappa shape index (κ2) is 7.40. The molecular formula is C17H16N4O3S. The van der Waals surface area contributed by atoms with Crippen LogP contribution >= 0.6 is 11.3 Å². The zero-order valence-corrected chi connectivity index (χ0v) is 14.1. The summed E-state index contributed by atoms with van der Waals surface area (Å²) in [6.45, 7) is 0. The minimum atomic E-state index is -0.793. The number of carboxylic acid groups (broad SMARTS) is 1. The van der Waals surface area contributed by atoms with E-state index in [1.54, 1.807) is 18.5 Å². The topological polar surface area (TPSA) is 116 Å². The largest absolute Gasteiger partial charge is 0.481 e. The van der Waals surface area contributed by atoms with E-state index in [0.29, 0.717) is 41.4 Å². The number of nitrogens with one attached hydrogen (secondary N) is 1. The summed E-state index contributed by atoms with van der Waals surface area (Å²) in [5.74, 6) is -1.53. The fraction of sp³-hybridized carbons (Fsp3) is 0.353. The molecule has 2 heterocycles. The number of carbonyl (C=O) groups excluding carboxylic acids is 1. The first-order valence-electron chi connectivity index (χ1n) is 7.93. The number of pyridine rings is 1. The number of amides is 1. The summed E-state index contributed by atoms with van der Waals surface area (Å²) in [4.78, 5) is 32.2. The number of anilines is 1. The highest BCUT2D eigenvalue weighted by molar-refractivity contribution is 7.16. The molecule has 0 bridgehead atoms. The Balaban J connectivity index is 1.70. The van der Waals surface area contributed by atoms with Gasteiger partial charge < -0.3 is 10.4 Å². The molecule has 1 amide bonds. The van der Waals surface area contributed by atoms with Crippen molar-refractivity contribution in [1.29, 1.82) is 5.26 Å². The van der Waals surface area contributed by atoms with Crippen LogP contribution in [0.5, 0.6) is 0 Å². The smallest absolute Gasteiger partial charge is 0.306 e. The molecule has 2 aromatic rings. The van der Waals surface area contributed by atoms with E-state index < -0.39 is 5.97 Å². The Kier molecular flexibility index (Phi) is 5.05. The van der Waals surface area contributed by atoms with Crippen molar-refractivity contribution in [1.82, 2.24) is 9.97 Å². The van der Waals surface area contributed by atoms with Crippen LogP contribution in [0.1, 0.15) is 30.6 Å². The fourth-order valence-electron chi connectivity index (χ4n) is 2.96. The lowest BCUT2D eigenvalue weighted by molar-refractivity contribution is -0.143. The quantitative estimate of drug-likeness (QED) is 0.870. The van der Waals surface area contributed by atoms with Gasteiger partial charge in [0.2, 0.25) is 5.91 Å². The van der Waals surface area contributed by atoms with Crippen LogP contribution in [0, 0.1) is 23.2 Å². The molecule has 7 nitrogen and oxygen atoms in total. The molecule has 0 saturated heterocycles. The van der Waals surface area contributed by atoms with E-state index in [1.165, 1.54) is 0 Å². The van der Waals surface area contributed by atoms with E-state index in [0.717, 1.165) is 16.9 Å². The summed E-state index contributed by atoms with van der Waals surface area (Å²) in [6.07, 6.45) is 5.38. The maximum absolute atomic E-state index is 12.4. The first-order valence-corrected chi connectivity index (χ1v) is 8.75. The average molecular weight is 356 g/mol. The van der Waals surface area contributed by atoms with Crippen LogP contribution in [0.25, 0.3) is 11.3 Å². The number of nitriles is 1. The van der Waals surface area contributed by atoms with Gasteiger partial charge in [0.15, 0.2) is 5.13 Å². The number of hydrogen-bond acceptors (Lipinski definition) is 6. The Morgan fingerprint density at radius 3 is 2.60 bits per heavy atom. The molecule has 0 radical (unpaired) electrons. The van der Waals surface area contributed by atoms with Crippen LogP contribution in [0.2, 0.25) is 0 Å². The standard InChI is InChI=1S/C17H16N4O3S/c18-8-13-14(12-2-1-7-19-9-12)20-17(25-13)21-15(22)10-3-5-11(6-4-10)16(23)24/h1-2,7,9-11H,3-6H2,(H,23,24)(H,20,21,22). The molecule has 0 aromatic carbocycles. The van der Waals surface area contributed by atoms with Gasteiger partial charge in [0.25, 0.3) is 0 Å². The molecule has 0 atom stereocenters. The molecule has 0 unspecified atom stereocenters. The lowest BCUT2D eigenvalue weighted by atomic mass is 9.81. The van der Waals surface area contributed by atoms with E-state index in [4.69, 9.17) is 5.11 Å². The van der Waals surface area contributed by atoms with Crippen molar-refractivity contribution < 1.29 is 14.7 Å². The second-order valence-electron chi connectivity index (χ2n) is 5.93. The van der Waals surface area contributed by atoms with Gasteiger partial charge in [-0.15, -0.1) is 0 Å². The van der Waals surface area contributed by atoms with Crippen LogP contribution in [0.3, 0.4) is 0 Å². The van der Waals surface area contributed by atoms with E-state index >= 15 is 0 Å². The molecule has 1 fully saturated rings. The summed E-state index contributed by atoms with van der Waals surface area (Å²) in [5.41, 5.74) is 1.23. The Bertz CT molecular complexity index is 820. The van der Waals surface area contributed by atoms with Crippen LogP contribution < -0.4 is 5.32 Å². The van der Waals surface area contributed by atoms with Crippen LogP contribution in [-0.2, 0) is 9.59 Å². The first-order chi connectivity index (χ1) is 12.1. The van der Waals surface area contributed by atoms with E-state index in [-0.39, 0.29) is 17.7 Å². The molecule has 0 aliphatic heterocycles. The molecule has 1 aliphatic carbocycles. The summed E-state index contributed by atoms with van der Waals surface area (Å²) < 4.78 is 0. The molecule has 2 N–H and O–H groups in total. The lowest BCUT2D eigenvalue weighted by Gasteiger charge is -2.24. The average Bonchev–Trinajstić information content (AvgIpc) is 3.05. The maximum atomic E-state index is 12.4. The number of carbonyl (C=O) groups is 2. The molecule has 3 rings (SSSR count). The van der Waals surface area contributed by atoms with Gasteiger partial charge in [0.05, 0.1) is 5.92 Å². The van der Waals surface area contributed by atoms with E-state index in [1.807, 2.05) is 6.07 Å². The SMILES string of the molecule is N#Cc1sc(NC(=O)C2CCC(C(=O)O)CC2)nc1-c1cccnc1. The zero-order valence-electron chi connectivity index (χ0n) is 13.3. The molecule has 1 aliphatic rings. The van der Waals surface area contributed by atoms with Crippen LogP contribution in [-0.4, -0.2) is 27.0 Å². The predicted molar refractivity (Wildman–Crippen MR) is 91.8 cm³/mol. The Morgan fingerprint density at radius 1 is 1.28 bits per heavy atom. The number of thiazole rings is 1. The van der Waals surface area contributed by atoms with Gasteiger partial charge in [-0.3, -0.25) is 14.6 Å². The van der Waals surface area contributed by atoms with Gasteiger partial charge in [-0.25, -0.2) is 4.98 Å². The molecule has 25 heavy (non-hydrogen) atoms. The van der Waals surface area contributed by atoms with Crippen molar-refractivity contribution in [3.05, 3.63) is 29.4 Å². The number of rotatable bonds is 4. The van der Waals surface area contributed by atoms with E-state index in [2.05, 4.69) is 21.4 Å². The Morgan fingerprint density at radius 2 is 2.00 bits per heavy atom. The Labute approximate surface area is 148 Å². The van der Waals surface area contributed by atoms with Crippen molar-refractivity contribution >= 4 is 28.3 Å². The maximum Gasteiger partial charge on any atom is 0.306 e. The van der Waals surface area contributed by atoms with Crippen molar-refractivity contribution in [3.8, 4) is 17.3 Å². The summed E-state index contributed by atoms with van der Waals surface area (Å²) in [7, 11) is 0. The summed E-state index contributed by atoms with van der Waals surface area (Å²) in [5, 5.41) is 21.5. The molecule has 128 valence electrons. The first kappa shape index (κ1) is 17.0. The minimum Gasteiger partial charge on any atom is -0.481 e. The van der Waals surface area contributed by atoms with Gasteiger partial charge in [-0.1, -0.05) is 11.3 Å². The fourth-order valence-corrected chi connectivity index (χ4v) is 3.75. The molecule has 2 aromatic heterocycles. The molecule has 1 saturated carbocycles. The van der Waals surface area contributed by atoms with Gasteiger partial charge in [-0.05, 0) is 37.8 Å².